The summed E-state index contributed by atoms with van der Waals surface area (Å²) in [5, 5.41) is 4.06. The number of allylic oxidation sites excluding steroid dienone is 2. The molecule has 2 aromatic heterocycles. The number of fused-ring (bicyclic) bond motifs is 4. The van der Waals surface area contributed by atoms with E-state index in [0.29, 0.717) is 0 Å². The van der Waals surface area contributed by atoms with E-state index >= 15 is 0 Å². The van der Waals surface area contributed by atoms with Crippen molar-refractivity contribution < 1.29 is 9.14 Å². The van der Waals surface area contributed by atoms with E-state index in [1.165, 1.54) is 10.9 Å². The predicted octanol–water partition coefficient (Wildman–Crippen LogP) is 5.32. The second-order valence-electron chi connectivity index (χ2n) is 6.54. The summed E-state index contributed by atoms with van der Waals surface area (Å²) >= 11 is 7.18. The lowest BCUT2D eigenvalue weighted by Gasteiger charge is -2.14. The Bertz CT molecular complexity index is 1260. The van der Waals surface area contributed by atoms with E-state index in [4.69, 9.17) is 17.4 Å². The first-order chi connectivity index (χ1) is 13.8. The van der Waals surface area contributed by atoms with Crippen LogP contribution in [-0.4, -0.2) is 6.54 Å². The summed E-state index contributed by atoms with van der Waals surface area (Å²) in [6.07, 6.45) is 6.23. The SMILES string of the molecule is CCN1/C(=C/C=C/c2cc3scc([S-])[n+]3c3ccccc23)Oc2ccccc21. The van der Waals surface area contributed by atoms with E-state index in [9.17, 15) is 0 Å². The lowest BCUT2D eigenvalue weighted by molar-refractivity contribution is -0.521. The van der Waals surface area contributed by atoms with Crippen molar-refractivity contribution in [2.24, 2.45) is 0 Å². The summed E-state index contributed by atoms with van der Waals surface area (Å²) in [7, 11) is 0. The average Bonchev–Trinajstić information content (AvgIpc) is 3.28. The van der Waals surface area contributed by atoms with Crippen LogP contribution in [0.4, 0.5) is 5.69 Å². The highest BCUT2D eigenvalue weighted by Gasteiger charge is 2.23. The molecule has 0 saturated carbocycles. The van der Waals surface area contributed by atoms with Gasteiger partial charge in [0.25, 0.3) is 4.83 Å². The number of ether oxygens (including phenoxy) is 1. The van der Waals surface area contributed by atoms with Crippen LogP contribution < -0.4 is 14.0 Å². The first-order valence-corrected chi connectivity index (χ1v) is 10.5. The van der Waals surface area contributed by atoms with Gasteiger partial charge in [-0.05, 0) is 36.8 Å². The van der Waals surface area contributed by atoms with Gasteiger partial charge in [0, 0.05) is 24.1 Å². The summed E-state index contributed by atoms with van der Waals surface area (Å²) in [6.45, 7) is 2.99. The molecule has 1 aliphatic heterocycles. The molecule has 0 bridgehead atoms. The molecule has 0 N–H and O–H groups in total. The summed E-state index contributed by atoms with van der Waals surface area (Å²) < 4.78 is 8.17. The Kier molecular flexibility index (Phi) is 4.26. The van der Waals surface area contributed by atoms with Gasteiger partial charge in [-0.3, -0.25) is 0 Å². The lowest BCUT2D eigenvalue weighted by atomic mass is 10.1. The monoisotopic (exact) mass is 402 g/mol. The molecule has 0 fully saturated rings. The number of hydrogen-bond donors (Lipinski definition) is 0. The van der Waals surface area contributed by atoms with Crippen molar-refractivity contribution in [3.8, 4) is 5.75 Å². The molecule has 0 atom stereocenters. The number of nitrogens with zero attached hydrogens (tertiary/aromatic N) is 2. The number of hydrogen-bond acceptors (Lipinski definition) is 4. The fourth-order valence-electron chi connectivity index (χ4n) is 3.66. The molecule has 0 radical (unpaired) electrons. The Labute approximate surface area is 173 Å². The van der Waals surface area contributed by atoms with Crippen LogP contribution in [0.1, 0.15) is 12.5 Å². The molecule has 4 aromatic rings. The number of aromatic nitrogens is 1. The smallest absolute Gasteiger partial charge is 0.266 e. The van der Waals surface area contributed by atoms with Crippen molar-refractivity contribution in [3.05, 3.63) is 83.6 Å². The summed E-state index contributed by atoms with van der Waals surface area (Å²) in [6, 6.07) is 18.7. The molecule has 0 spiro atoms. The minimum atomic E-state index is 0.851. The number of para-hydroxylation sites is 3. The predicted molar refractivity (Wildman–Crippen MR) is 118 cm³/mol. The molecule has 3 nitrogen and oxygen atoms in total. The van der Waals surface area contributed by atoms with Crippen LogP contribution in [0, 0.1) is 0 Å². The zero-order chi connectivity index (χ0) is 19.1. The number of thiazole rings is 1. The maximum Gasteiger partial charge on any atom is 0.266 e. The molecular weight excluding hydrogens is 384 g/mol. The first kappa shape index (κ1) is 17.2. The largest absolute Gasteiger partial charge is 0.709 e. The topological polar surface area (TPSA) is 16.6 Å². The Morgan fingerprint density at radius 2 is 1.96 bits per heavy atom. The van der Waals surface area contributed by atoms with Crippen LogP contribution in [0.5, 0.6) is 5.75 Å². The van der Waals surface area contributed by atoms with E-state index in [1.54, 1.807) is 11.3 Å². The minimum Gasteiger partial charge on any atom is -0.709 e. The third-order valence-electron chi connectivity index (χ3n) is 4.92. The van der Waals surface area contributed by atoms with Crippen LogP contribution in [0.15, 0.2) is 83.0 Å². The van der Waals surface area contributed by atoms with Gasteiger partial charge in [0.2, 0.25) is 11.4 Å². The number of pyridine rings is 1. The zero-order valence-electron chi connectivity index (χ0n) is 15.3. The Morgan fingerprint density at radius 1 is 1.14 bits per heavy atom. The van der Waals surface area contributed by atoms with Crippen LogP contribution >= 0.6 is 11.3 Å². The minimum absolute atomic E-state index is 0.851. The number of rotatable bonds is 3. The van der Waals surface area contributed by atoms with E-state index in [0.717, 1.165) is 39.2 Å². The van der Waals surface area contributed by atoms with Gasteiger partial charge in [-0.2, -0.15) is 4.40 Å². The van der Waals surface area contributed by atoms with E-state index in [-0.39, 0.29) is 0 Å². The second-order valence-corrected chi connectivity index (χ2v) is 7.85. The van der Waals surface area contributed by atoms with Crippen molar-refractivity contribution in [2.75, 3.05) is 11.4 Å². The molecule has 0 amide bonds. The third kappa shape index (κ3) is 2.75. The fourth-order valence-corrected chi connectivity index (χ4v) is 4.88. The molecule has 138 valence electrons. The Hall–Kier alpha value is -2.89. The quantitative estimate of drug-likeness (QED) is 0.341. The molecular formula is C23H18N2OS2. The van der Waals surface area contributed by atoms with Crippen molar-refractivity contribution in [1.29, 1.82) is 0 Å². The molecule has 2 aromatic carbocycles. The van der Waals surface area contributed by atoms with Crippen LogP contribution in [-0.2, 0) is 12.6 Å². The molecule has 1 aliphatic rings. The fraction of sp³-hybridized carbons (Fsp3) is 0.0870. The van der Waals surface area contributed by atoms with E-state index < -0.39 is 0 Å². The van der Waals surface area contributed by atoms with E-state index in [2.05, 4.69) is 64.8 Å². The van der Waals surface area contributed by atoms with Gasteiger partial charge < -0.3 is 22.3 Å². The first-order valence-electron chi connectivity index (χ1n) is 9.21. The molecule has 0 saturated heterocycles. The van der Waals surface area contributed by atoms with Crippen molar-refractivity contribution in [1.82, 2.24) is 0 Å². The van der Waals surface area contributed by atoms with Crippen molar-refractivity contribution in [3.63, 3.8) is 0 Å². The van der Waals surface area contributed by atoms with Gasteiger partial charge in [0.1, 0.15) is 0 Å². The molecule has 3 heterocycles. The average molecular weight is 403 g/mol. The van der Waals surface area contributed by atoms with Crippen molar-refractivity contribution in [2.45, 2.75) is 11.9 Å². The second kappa shape index (κ2) is 6.93. The standard InChI is InChI=1S/C23H18N2OS2/c1-2-24-19-11-5-6-12-20(19)26-21(24)13-7-8-16-14-23-25(22(27)15-28-23)18-10-4-3-9-17(16)18/h3-15H,2H2,1H3. The number of benzene rings is 2. The molecule has 0 aliphatic carbocycles. The van der Waals surface area contributed by atoms with Gasteiger partial charge in [0.05, 0.1) is 16.1 Å². The normalized spacial score (nSPS) is 15.0. The van der Waals surface area contributed by atoms with Gasteiger partial charge in [-0.1, -0.05) is 47.8 Å². The van der Waals surface area contributed by atoms with Crippen LogP contribution in [0.25, 0.3) is 21.8 Å². The van der Waals surface area contributed by atoms with Gasteiger partial charge in [0.15, 0.2) is 5.75 Å². The lowest BCUT2D eigenvalue weighted by Crippen LogP contribution is -2.22. The van der Waals surface area contributed by atoms with Gasteiger partial charge >= 0.3 is 0 Å². The highest BCUT2D eigenvalue weighted by atomic mass is 32.1. The summed E-state index contributed by atoms with van der Waals surface area (Å²) in [5.41, 5.74) is 3.42. The summed E-state index contributed by atoms with van der Waals surface area (Å²) in [5.74, 6) is 1.76. The molecule has 5 heteroatoms. The Balaban J connectivity index is 1.55. The van der Waals surface area contributed by atoms with Gasteiger partial charge in [-0.25, -0.2) is 0 Å². The third-order valence-corrected chi connectivity index (χ3v) is 6.26. The van der Waals surface area contributed by atoms with Crippen molar-refractivity contribution >= 4 is 51.5 Å². The van der Waals surface area contributed by atoms with E-state index in [1.807, 2.05) is 29.7 Å². The van der Waals surface area contributed by atoms with Gasteiger partial charge in [-0.15, -0.1) is 0 Å². The van der Waals surface area contributed by atoms with Crippen LogP contribution in [0.2, 0.25) is 0 Å². The highest BCUT2D eigenvalue weighted by molar-refractivity contribution is 7.58. The highest BCUT2D eigenvalue weighted by Crippen LogP contribution is 2.38. The zero-order valence-corrected chi connectivity index (χ0v) is 17.0. The Morgan fingerprint density at radius 3 is 2.86 bits per heavy atom. The molecule has 28 heavy (non-hydrogen) atoms. The molecule has 0 unspecified atom stereocenters. The number of anilines is 1. The maximum atomic E-state index is 6.03. The summed E-state index contributed by atoms with van der Waals surface area (Å²) in [4.78, 5) is 3.33. The maximum absolute atomic E-state index is 6.03. The molecule has 5 rings (SSSR count). The van der Waals surface area contributed by atoms with Crippen LogP contribution in [0.3, 0.4) is 0 Å².